The Morgan fingerprint density at radius 1 is 0.328 bits per heavy atom. The third-order valence-electron chi connectivity index (χ3n) is 14.3. The van der Waals surface area contributed by atoms with E-state index in [2.05, 4.69) is 159 Å². The smallest absolute Gasteiger partial charge is 0.227 e. The van der Waals surface area contributed by atoms with Gasteiger partial charge in [-0.15, -0.1) is 0 Å². The molecule has 0 amide bonds. The number of fused-ring (bicyclic) bond motifs is 15. The van der Waals surface area contributed by atoms with Crippen LogP contribution in [-0.2, 0) is 10.8 Å². The quantitative estimate of drug-likeness (QED) is 0.177. The summed E-state index contributed by atoms with van der Waals surface area (Å²) in [4.78, 5) is 9.86. The maximum Gasteiger partial charge on any atom is 0.227 e. The molecule has 2 heterocycles. The Labute approximate surface area is 370 Å². The molecule has 2 aromatic heterocycles. The van der Waals surface area contributed by atoms with E-state index in [1.54, 1.807) is 0 Å². The van der Waals surface area contributed by atoms with Crippen LogP contribution in [0.5, 0.6) is 0 Å². The highest BCUT2D eigenvalue weighted by atomic mass is 16.4. The summed E-state index contributed by atoms with van der Waals surface area (Å²) in [6.07, 6.45) is 0. The van der Waals surface area contributed by atoms with Crippen LogP contribution < -0.4 is 0 Å². The standard InChI is InChI=1S/C60H38N2O2/c1-59(2)47-29-27-35(36-26-28-44-43-16-5-8-21-50(43)60(51(44)34-36)48-19-6-3-14-41(48)42-15-4-7-20-49(42)60)33-46(47)45-18-13-17-40(56(45)59)37-30-38(57-61-52-22-9-11-24-54(52)63-57)32-39(31-37)58-62-53-23-10-12-25-55(53)64-58/h3-34H,1-2H3. The lowest BCUT2D eigenvalue weighted by Gasteiger charge is -2.30. The van der Waals surface area contributed by atoms with Crippen LogP contribution in [0.4, 0.5) is 0 Å². The summed E-state index contributed by atoms with van der Waals surface area (Å²) in [5, 5.41) is 0. The largest absolute Gasteiger partial charge is 0.436 e. The monoisotopic (exact) mass is 818 g/mol. The van der Waals surface area contributed by atoms with Crippen LogP contribution >= 0.6 is 0 Å². The van der Waals surface area contributed by atoms with Crippen LogP contribution in [0.25, 0.3) is 101 Å². The van der Waals surface area contributed by atoms with Crippen molar-refractivity contribution >= 4 is 22.2 Å². The highest BCUT2D eigenvalue weighted by molar-refractivity contribution is 5.97. The van der Waals surface area contributed by atoms with Crippen molar-refractivity contribution in [1.82, 2.24) is 9.97 Å². The molecule has 3 aliphatic rings. The molecule has 14 rings (SSSR count). The molecule has 0 aliphatic heterocycles. The Kier molecular flexibility index (Phi) is 7.07. The lowest BCUT2D eigenvalue weighted by molar-refractivity contribution is 0.617. The van der Waals surface area contributed by atoms with E-state index in [0.717, 1.165) is 44.5 Å². The van der Waals surface area contributed by atoms with Gasteiger partial charge in [-0.2, -0.15) is 0 Å². The molecule has 4 nitrogen and oxygen atoms in total. The van der Waals surface area contributed by atoms with Crippen molar-refractivity contribution in [3.63, 3.8) is 0 Å². The normalized spacial score (nSPS) is 14.3. The average molecular weight is 819 g/mol. The number of rotatable bonds is 4. The molecule has 64 heavy (non-hydrogen) atoms. The van der Waals surface area contributed by atoms with Gasteiger partial charge in [0.15, 0.2) is 11.2 Å². The van der Waals surface area contributed by atoms with Gasteiger partial charge >= 0.3 is 0 Å². The van der Waals surface area contributed by atoms with E-state index in [0.29, 0.717) is 11.8 Å². The van der Waals surface area contributed by atoms with Gasteiger partial charge < -0.3 is 8.83 Å². The van der Waals surface area contributed by atoms with Crippen LogP contribution in [0.3, 0.4) is 0 Å². The van der Waals surface area contributed by atoms with Crippen molar-refractivity contribution < 1.29 is 8.83 Å². The molecule has 0 N–H and O–H groups in total. The molecular formula is C60H38N2O2. The molecule has 0 fully saturated rings. The van der Waals surface area contributed by atoms with Gasteiger partial charge in [-0.3, -0.25) is 0 Å². The predicted molar refractivity (Wildman–Crippen MR) is 257 cm³/mol. The van der Waals surface area contributed by atoms with Gasteiger partial charge in [0, 0.05) is 16.5 Å². The predicted octanol–water partition coefficient (Wildman–Crippen LogP) is 15.3. The molecule has 0 unspecified atom stereocenters. The molecule has 4 heteroatoms. The molecule has 0 saturated heterocycles. The lowest BCUT2D eigenvalue weighted by Crippen LogP contribution is -2.25. The molecule has 0 saturated carbocycles. The summed E-state index contributed by atoms with van der Waals surface area (Å²) in [5.74, 6) is 1.12. The minimum atomic E-state index is -0.390. The lowest BCUT2D eigenvalue weighted by atomic mass is 9.70. The molecule has 3 aliphatic carbocycles. The zero-order valence-electron chi connectivity index (χ0n) is 35.2. The minimum Gasteiger partial charge on any atom is -0.436 e. The van der Waals surface area contributed by atoms with Gasteiger partial charge in [0.1, 0.15) is 11.0 Å². The van der Waals surface area contributed by atoms with Crippen molar-refractivity contribution in [2.45, 2.75) is 24.7 Å². The summed E-state index contributed by atoms with van der Waals surface area (Å²) in [5.41, 5.74) is 24.6. The Hall–Kier alpha value is -8.08. The van der Waals surface area contributed by atoms with Crippen molar-refractivity contribution in [2.75, 3.05) is 0 Å². The number of hydrogen-bond donors (Lipinski definition) is 0. The minimum absolute atomic E-state index is 0.286. The topological polar surface area (TPSA) is 52.1 Å². The zero-order chi connectivity index (χ0) is 42.3. The molecule has 0 atom stereocenters. The number of benzene rings is 9. The van der Waals surface area contributed by atoms with Crippen LogP contribution in [0.15, 0.2) is 203 Å². The summed E-state index contributed by atoms with van der Waals surface area (Å²) in [6.45, 7) is 4.72. The van der Waals surface area contributed by atoms with E-state index in [-0.39, 0.29) is 5.41 Å². The highest BCUT2D eigenvalue weighted by Gasteiger charge is 2.51. The Balaban J connectivity index is 0.932. The summed E-state index contributed by atoms with van der Waals surface area (Å²) < 4.78 is 12.8. The Morgan fingerprint density at radius 2 is 0.797 bits per heavy atom. The first-order valence-corrected chi connectivity index (χ1v) is 22.0. The third-order valence-corrected chi connectivity index (χ3v) is 14.3. The second kappa shape index (κ2) is 12.7. The van der Waals surface area contributed by atoms with Crippen LogP contribution in [0.2, 0.25) is 0 Å². The first kappa shape index (κ1) is 35.5. The van der Waals surface area contributed by atoms with E-state index in [4.69, 9.17) is 18.8 Å². The third kappa shape index (κ3) is 4.72. The zero-order valence-corrected chi connectivity index (χ0v) is 35.2. The van der Waals surface area contributed by atoms with Gasteiger partial charge in [-0.25, -0.2) is 9.97 Å². The van der Waals surface area contributed by atoms with Crippen molar-refractivity contribution in [2.24, 2.45) is 0 Å². The van der Waals surface area contributed by atoms with Gasteiger partial charge in [0.25, 0.3) is 0 Å². The second-order valence-corrected chi connectivity index (χ2v) is 18.0. The fourth-order valence-electron chi connectivity index (χ4n) is 11.6. The molecule has 0 radical (unpaired) electrons. The molecule has 300 valence electrons. The van der Waals surface area contributed by atoms with E-state index in [9.17, 15) is 0 Å². The van der Waals surface area contributed by atoms with Crippen LogP contribution in [0, 0.1) is 0 Å². The maximum atomic E-state index is 6.38. The summed E-state index contributed by atoms with van der Waals surface area (Å²) in [6, 6.07) is 70.4. The summed E-state index contributed by atoms with van der Waals surface area (Å²) in [7, 11) is 0. The Bertz CT molecular complexity index is 3570. The second-order valence-electron chi connectivity index (χ2n) is 18.0. The van der Waals surface area contributed by atoms with E-state index >= 15 is 0 Å². The number of aromatic nitrogens is 2. The molecule has 11 aromatic rings. The van der Waals surface area contributed by atoms with Crippen LogP contribution in [-0.4, -0.2) is 9.97 Å². The van der Waals surface area contributed by atoms with Crippen molar-refractivity contribution in [1.29, 1.82) is 0 Å². The van der Waals surface area contributed by atoms with E-state index < -0.39 is 5.41 Å². The van der Waals surface area contributed by atoms with Gasteiger partial charge in [0.2, 0.25) is 11.8 Å². The fraction of sp³-hybridized carbons (Fsp3) is 0.0667. The number of hydrogen-bond acceptors (Lipinski definition) is 4. The van der Waals surface area contributed by atoms with Gasteiger partial charge in [-0.05, 0) is 144 Å². The van der Waals surface area contributed by atoms with Crippen LogP contribution in [0.1, 0.15) is 47.2 Å². The first-order chi connectivity index (χ1) is 31.4. The average Bonchev–Trinajstić information content (AvgIpc) is 4.15. The van der Waals surface area contributed by atoms with E-state index in [1.165, 1.54) is 77.9 Å². The highest BCUT2D eigenvalue weighted by Crippen LogP contribution is 2.63. The molecule has 9 aromatic carbocycles. The van der Waals surface area contributed by atoms with Gasteiger partial charge in [0.05, 0.1) is 5.41 Å². The molecule has 1 spiro atoms. The number of nitrogens with zero attached hydrogens (tertiary/aromatic N) is 2. The molecule has 0 bridgehead atoms. The SMILES string of the molecule is CC1(C)c2ccc(-c3ccc4c(c3)C3(c5ccccc5-c5ccccc53)c3ccccc3-4)cc2-c2cccc(-c3cc(-c4nc5ccccc5o4)cc(-c4nc5ccccc5o4)c3)c21. The number of oxazole rings is 2. The van der Waals surface area contributed by atoms with Crippen molar-refractivity contribution in [3.8, 4) is 78.5 Å². The molecular weight excluding hydrogens is 781 g/mol. The first-order valence-electron chi connectivity index (χ1n) is 22.0. The number of para-hydroxylation sites is 4. The van der Waals surface area contributed by atoms with Crippen molar-refractivity contribution in [3.05, 3.63) is 228 Å². The Morgan fingerprint density at radius 3 is 1.39 bits per heavy atom. The summed E-state index contributed by atoms with van der Waals surface area (Å²) >= 11 is 0. The van der Waals surface area contributed by atoms with Gasteiger partial charge in [-0.1, -0.05) is 153 Å². The maximum absolute atomic E-state index is 6.38. The fourth-order valence-corrected chi connectivity index (χ4v) is 11.6. The van der Waals surface area contributed by atoms with E-state index in [1.807, 2.05) is 48.5 Å².